The molecule has 0 saturated carbocycles. The van der Waals surface area contributed by atoms with E-state index in [2.05, 4.69) is 32.7 Å². The van der Waals surface area contributed by atoms with Crippen LogP contribution in [0.2, 0.25) is 0 Å². The molecule has 1 heteroatoms. The molecule has 0 aliphatic carbocycles. The van der Waals surface area contributed by atoms with Crippen molar-refractivity contribution in [1.29, 1.82) is 0 Å². The van der Waals surface area contributed by atoms with Gasteiger partial charge in [0, 0.05) is 6.04 Å². The lowest BCUT2D eigenvalue weighted by atomic mass is 10.1. The summed E-state index contributed by atoms with van der Waals surface area (Å²) in [5.74, 6) is 0. The van der Waals surface area contributed by atoms with Crippen LogP contribution < -0.4 is 5.32 Å². The van der Waals surface area contributed by atoms with E-state index in [-0.39, 0.29) is 0 Å². The van der Waals surface area contributed by atoms with E-state index in [1.165, 1.54) is 18.4 Å². The van der Waals surface area contributed by atoms with E-state index in [1.54, 1.807) is 0 Å². The molecule has 1 N–H and O–H groups in total. The van der Waals surface area contributed by atoms with Crippen LogP contribution >= 0.6 is 0 Å². The van der Waals surface area contributed by atoms with E-state index in [0.29, 0.717) is 6.04 Å². The van der Waals surface area contributed by atoms with Crippen molar-refractivity contribution in [2.24, 2.45) is 0 Å². The van der Waals surface area contributed by atoms with Crippen molar-refractivity contribution >= 4 is 0 Å². The van der Waals surface area contributed by atoms with Gasteiger partial charge in [-0.1, -0.05) is 32.4 Å². The minimum absolute atomic E-state index is 0.537. The van der Waals surface area contributed by atoms with Gasteiger partial charge in [-0.2, -0.15) is 0 Å². The zero-order chi connectivity index (χ0) is 7.98. The maximum atomic E-state index is 3.93. The Kier molecular flexibility index (Phi) is 5.32. The molecule has 0 aliphatic heterocycles. The standard InChI is InChI=1S/C9H19N/c1-5-7-9(8(3)4)10-6-2/h9-10H,3,5-7H2,1-2,4H3. The van der Waals surface area contributed by atoms with E-state index in [9.17, 15) is 0 Å². The van der Waals surface area contributed by atoms with Gasteiger partial charge >= 0.3 is 0 Å². The first-order valence-corrected chi connectivity index (χ1v) is 4.11. The molecule has 0 radical (unpaired) electrons. The van der Waals surface area contributed by atoms with Gasteiger partial charge in [0.25, 0.3) is 0 Å². The number of nitrogens with one attached hydrogen (secondary N) is 1. The van der Waals surface area contributed by atoms with Crippen LogP contribution in [-0.2, 0) is 0 Å². The first-order chi connectivity index (χ1) is 4.72. The number of hydrogen-bond donors (Lipinski definition) is 1. The number of rotatable bonds is 5. The fraction of sp³-hybridized carbons (Fsp3) is 0.778. The van der Waals surface area contributed by atoms with Crippen LogP contribution in [0.5, 0.6) is 0 Å². The lowest BCUT2D eigenvalue weighted by Gasteiger charge is -2.16. The maximum Gasteiger partial charge on any atom is 0.0273 e. The molecule has 0 rings (SSSR count). The second-order valence-corrected chi connectivity index (χ2v) is 2.75. The van der Waals surface area contributed by atoms with Crippen molar-refractivity contribution in [2.75, 3.05) is 6.54 Å². The molecule has 0 heterocycles. The number of likely N-dealkylation sites (N-methyl/N-ethyl adjacent to an activating group) is 1. The fourth-order valence-corrected chi connectivity index (χ4v) is 1.06. The highest BCUT2D eigenvalue weighted by atomic mass is 14.9. The molecule has 60 valence electrons. The topological polar surface area (TPSA) is 12.0 Å². The predicted molar refractivity (Wildman–Crippen MR) is 47.2 cm³/mol. The number of hydrogen-bond acceptors (Lipinski definition) is 1. The van der Waals surface area contributed by atoms with Gasteiger partial charge in [0.2, 0.25) is 0 Å². The summed E-state index contributed by atoms with van der Waals surface area (Å²) in [6.45, 7) is 11.4. The Morgan fingerprint density at radius 3 is 2.40 bits per heavy atom. The second-order valence-electron chi connectivity index (χ2n) is 2.75. The molecule has 0 aromatic heterocycles. The highest BCUT2D eigenvalue weighted by Gasteiger charge is 2.04. The van der Waals surface area contributed by atoms with Gasteiger partial charge in [-0.25, -0.2) is 0 Å². The molecule has 0 aromatic rings. The lowest BCUT2D eigenvalue weighted by molar-refractivity contribution is 0.545. The third kappa shape index (κ3) is 3.67. The van der Waals surface area contributed by atoms with Gasteiger partial charge in [0.1, 0.15) is 0 Å². The molecule has 0 amide bonds. The van der Waals surface area contributed by atoms with Crippen molar-refractivity contribution in [2.45, 2.75) is 39.7 Å². The summed E-state index contributed by atoms with van der Waals surface area (Å²) in [4.78, 5) is 0. The zero-order valence-electron chi connectivity index (χ0n) is 7.41. The van der Waals surface area contributed by atoms with Crippen molar-refractivity contribution in [3.05, 3.63) is 12.2 Å². The van der Waals surface area contributed by atoms with Crippen LogP contribution in [0, 0.1) is 0 Å². The van der Waals surface area contributed by atoms with Crippen LogP contribution in [-0.4, -0.2) is 12.6 Å². The van der Waals surface area contributed by atoms with E-state index in [1.807, 2.05) is 0 Å². The Labute approximate surface area is 64.5 Å². The zero-order valence-corrected chi connectivity index (χ0v) is 7.41. The normalized spacial score (nSPS) is 13.1. The average molecular weight is 141 g/mol. The van der Waals surface area contributed by atoms with Crippen molar-refractivity contribution < 1.29 is 0 Å². The van der Waals surface area contributed by atoms with Crippen molar-refractivity contribution in [3.8, 4) is 0 Å². The minimum atomic E-state index is 0.537. The third-order valence-electron chi connectivity index (χ3n) is 1.62. The van der Waals surface area contributed by atoms with Crippen LogP contribution in [0.25, 0.3) is 0 Å². The van der Waals surface area contributed by atoms with Gasteiger partial charge in [-0.3, -0.25) is 0 Å². The Balaban J connectivity index is 3.61. The summed E-state index contributed by atoms with van der Waals surface area (Å²) in [5.41, 5.74) is 1.25. The Morgan fingerprint density at radius 1 is 1.50 bits per heavy atom. The Hall–Kier alpha value is -0.300. The molecule has 10 heavy (non-hydrogen) atoms. The summed E-state index contributed by atoms with van der Waals surface area (Å²) in [6, 6.07) is 0.537. The molecule has 1 unspecified atom stereocenters. The van der Waals surface area contributed by atoms with E-state index >= 15 is 0 Å². The highest BCUT2D eigenvalue weighted by Crippen LogP contribution is 2.04. The summed E-state index contributed by atoms with van der Waals surface area (Å²) >= 11 is 0. The summed E-state index contributed by atoms with van der Waals surface area (Å²) in [6.07, 6.45) is 2.44. The molecule has 1 nitrogen and oxygen atoms in total. The monoisotopic (exact) mass is 141 g/mol. The van der Waals surface area contributed by atoms with E-state index in [0.717, 1.165) is 6.54 Å². The molecule has 0 aliphatic rings. The molecule has 0 aromatic carbocycles. The van der Waals surface area contributed by atoms with E-state index in [4.69, 9.17) is 0 Å². The molecule has 1 atom stereocenters. The molecular formula is C9H19N. The Bertz CT molecular complexity index is 90.9. The largest absolute Gasteiger partial charge is 0.311 e. The van der Waals surface area contributed by atoms with Gasteiger partial charge in [-0.15, -0.1) is 0 Å². The third-order valence-corrected chi connectivity index (χ3v) is 1.62. The first kappa shape index (κ1) is 9.70. The molecular weight excluding hydrogens is 122 g/mol. The predicted octanol–water partition coefficient (Wildman–Crippen LogP) is 2.34. The van der Waals surface area contributed by atoms with Gasteiger partial charge in [-0.05, 0) is 19.9 Å². The van der Waals surface area contributed by atoms with Crippen LogP contribution in [0.1, 0.15) is 33.6 Å². The van der Waals surface area contributed by atoms with Crippen LogP contribution in [0.4, 0.5) is 0 Å². The van der Waals surface area contributed by atoms with Crippen LogP contribution in [0.3, 0.4) is 0 Å². The Morgan fingerprint density at radius 2 is 2.10 bits per heavy atom. The summed E-state index contributed by atoms with van der Waals surface area (Å²) in [7, 11) is 0. The summed E-state index contributed by atoms with van der Waals surface area (Å²) < 4.78 is 0. The maximum absolute atomic E-state index is 3.93. The van der Waals surface area contributed by atoms with Gasteiger partial charge in [0.15, 0.2) is 0 Å². The minimum Gasteiger partial charge on any atom is -0.311 e. The lowest BCUT2D eigenvalue weighted by Crippen LogP contribution is -2.29. The second kappa shape index (κ2) is 5.48. The van der Waals surface area contributed by atoms with E-state index < -0.39 is 0 Å². The quantitative estimate of drug-likeness (QED) is 0.579. The molecule has 0 bridgehead atoms. The smallest absolute Gasteiger partial charge is 0.0273 e. The first-order valence-electron chi connectivity index (χ1n) is 4.11. The van der Waals surface area contributed by atoms with Crippen molar-refractivity contribution in [1.82, 2.24) is 5.32 Å². The van der Waals surface area contributed by atoms with Crippen molar-refractivity contribution in [3.63, 3.8) is 0 Å². The fourth-order valence-electron chi connectivity index (χ4n) is 1.06. The highest BCUT2D eigenvalue weighted by molar-refractivity contribution is 5.00. The SMILES string of the molecule is C=C(C)C(CCC)NCC. The summed E-state index contributed by atoms with van der Waals surface area (Å²) in [5, 5.41) is 3.38. The molecule has 0 saturated heterocycles. The average Bonchev–Trinajstić information content (AvgIpc) is 1.87. The molecule has 0 fully saturated rings. The van der Waals surface area contributed by atoms with Crippen LogP contribution in [0.15, 0.2) is 12.2 Å². The molecule has 0 spiro atoms. The van der Waals surface area contributed by atoms with Gasteiger partial charge < -0.3 is 5.32 Å². The van der Waals surface area contributed by atoms with Gasteiger partial charge in [0.05, 0.1) is 0 Å².